The van der Waals surface area contributed by atoms with Crippen LogP contribution in [0.15, 0.2) is 0 Å². The second-order valence-corrected chi connectivity index (χ2v) is 5.05. The SMILES string of the molecule is CCNC(CCO)CN(C)CCOCC1CC1. The Morgan fingerprint density at radius 1 is 1.47 bits per heavy atom. The first-order valence-electron chi connectivity index (χ1n) is 6.86. The quantitative estimate of drug-likeness (QED) is 0.525. The van der Waals surface area contributed by atoms with Crippen LogP contribution in [0.4, 0.5) is 0 Å². The van der Waals surface area contributed by atoms with Crippen molar-refractivity contribution in [3.8, 4) is 0 Å². The molecule has 2 N–H and O–H groups in total. The number of nitrogens with one attached hydrogen (secondary N) is 1. The van der Waals surface area contributed by atoms with Crippen LogP contribution in [0.2, 0.25) is 0 Å². The average molecular weight is 244 g/mol. The van der Waals surface area contributed by atoms with Gasteiger partial charge in [-0.1, -0.05) is 6.92 Å². The molecule has 0 spiro atoms. The first-order valence-corrected chi connectivity index (χ1v) is 6.86. The van der Waals surface area contributed by atoms with E-state index in [1.165, 1.54) is 12.8 Å². The molecule has 1 unspecified atom stereocenters. The minimum Gasteiger partial charge on any atom is -0.396 e. The monoisotopic (exact) mass is 244 g/mol. The molecule has 1 saturated carbocycles. The number of aliphatic hydroxyl groups is 1. The summed E-state index contributed by atoms with van der Waals surface area (Å²) in [6, 6.07) is 0.387. The standard InChI is InChI=1S/C13H28N2O2/c1-3-14-13(6-8-16)10-15(2)7-9-17-11-12-4-5-12/h12-14,16H,3-11H2,1-2H3. The Labute approximate surface area is 105 Å². The van der Waals surface area contributed by atoms with Crippen molar-refractivity contribution in [2.24, 2.45) is 5.92 Å². The van der Waals surface area contributed by atoms with Crippen LogP contribution in [0.5, 0.6) is 0 Å². The van der Waals surface area contributed by atoms with Gasteiger partial charge >= 0.3 is 0 Å². The first-order chi connectivity index (χ1) is 8.26. The Hall–Kier alpha value is -0.160. The second kappa shape index (κ2) is 8.86. The van der Waals surface area contributed by atoms with Gasteiger partial charge in [0.2, 0.25) is 0 Å². The third-order valence-electron chi connectivity index (χ3n) is 3.17. The fourth-order valence-electron chi connectivity index (χ4n) is 1.92. The molecule has 4 nitrogen and oxygen atoms in total. The van der Waals surface area contributed by atoms with Gasteiger partial charge in [0.1, 0.15) is 0 Å². The van der Waals surface area contributed by atoms with Crippen molar-refractivity contribution < 1.29 is 9.84 Å². The molecule has 1 aliphatic rings. The zero-order valence-corrected chi connectivity index (χ0v) is 11.3. The van der Waals surface area contributed by atoms with Crippen molar-refractivity contribution in [3.63, 3.8) is 0 Å². The smallest absolute Gasteiger partial charge is 0.0593 e. The topological polar surface area (TPSA) is 44.7 Å². The van der Waals surface area contributed by atoms with E-state index in [1.807, 2.05) is 0 Å². The van der Waals surface area contributed by atoms with Crippen LogP contribution in [-0.4, -0.2) is 62.6 Å². The lowest BCUT2D eigenvalue weighted by Gasteiger charge is -2.24. The maximum Gasteiger partial charge on any atom is 0.0593 e. The molecule has 102 valence electrons. The maximum atomic E-state index is 8.98. The molecule has 1 atom stereocenters. The van der Waals surface area contributed by atoms with Crippen molar-refractivity contribution in [1.29, 1.82) is 0 Å². The highest BCUT2D eigenvalue weighted by Gasteiger charge is 2.21. The van der Waals surface area contributed by atoms with Gasteiger partial charge in [0.25, 0.3) is 0 Å². The Kier molecular flexibility index (Phi) is 7.77. The van der Waals surface area contributed by atoms with Gasteiger partial charge in [0.15, 0.2) is 0 Å². The van der Waals surface area contributed by atoms with Crippen molar-refractivity contribution in [2.45, 2.75) is 32.2 Å². The normalized spacial score (nSPS) is 17.6. The molecular formula is C13H28N2O2. The van der Waals surface area contributed by atoms with Crippen LogP contribution in [0.3, 0.4) is 0 Å². The zero-order valence-electron chi connectivity index (χ0n) is 11.3. The highest BCUT2D eigenvalue weighted by Crippen LogP contribution is 2.28. The van der Waals surface area contributed by atoms with Crippen LogP contribution in [0.1, 0.15) is 26.2 Å². The van der Waals surface area contributed by atoms with Gasteiger partial charge < -0.3 is 20.1 Å². The van der Waals surface area contributed by atoms with Gasteiger partial charge in [0.05, 0.1) is 6.61 Å². The van der Waals surface area contributed by atoms with E-state index in [4.69, 9.17) is 9.84 Å². The third-order valence-corrected chi connectivity index (χ3v) is 3.17. The molecule has 4 heteroatoms. The molecule has 0 heterocycles. The van der Waals surface area contributed by atoms with Gasteiger partial charge in [-0.2, -0.15) is 0 Å². The highest BCUT2D eigenvalue weighted by molar-refractivity contribution is 4.72. The lowest BCUT2D eigenvalue weighted by atomic mass is 10.2. The number of ether oxygens (including phenoxy) is 1. The van der Waals surface area contributed by atoms with Gasteiger partial charge in [-0.25, -0.2) is 0 Å². The van der Waals surface area contributed by atoms with E-state index in [0.717, 1.165) is 45.2 Å². The fourth-order valence-corrected chi connectivity index (χ4v) is 1.92. The number of nitrogens with zero attached hydrogens (tertiary/aromatic N) is 1. The number of hydrogen-bond donors (Lipinski definition) is 2. The Morgan fingerprint density at radius 2 is 2.24 bits per heavy atom. The number of likely N-dealkylation sites (N-methyl/N-ethyl adjacent to an activating group) is 2. The molecule has 0 bridgehead atoms. The molecule has 1 rings (SSSR count). The molecule has 0 aromatic heterocycles. The Bertz CT molecular complexity index is 180. The lowest BCUT2D eigenvalue weighted by Crippen LogP contribution is -2.41. The van der Waals surface area contributed by atoms with Crippen molar-refractivity contribution >= 4 is 0 Å². The first kappa shape index (κ1) is 14.9. The van der Waals surface area contributed by atoms with E-state index in [1.54, 1.807) is 0 Å². The Morgan fingerprint density at radius 3 is 2.82 bits per heavy atom. The third kappa shape index (κ3) is 7.71. The van der Waals surface area contributed by atoms with Crippen LogP contribution in [0, 0.1) is 5.92 Å². The molecule has 0 amide bonds. The largest absolute Gasteiger partial charge is 0.396 e. The summed E-state index contributed by atoms with van der Waals surface area (Å²) < 4.78 is 5.62. The Balaban J connectivity index is 2.01. The number of hydrogen-bond acceptors (Lipinski definition) is 4. The molecule has 17 heavy (non-hydrogen) atoms. The lowest BCUT2D eigenvalue weighted by molar-refractivity contribution is 0.0995. The van der Waals surface area contributed by atoms with Crippen molar-refractivity contribution in [3.05, 3.63) is 0 Å². The van der Waals surface area contributed by atoms with E-state index in [0.29, 0.717) is 6.04 Å². The minimum absolute atomic E-state index is 0.254. The summed E-state index contributed by atoms with van der Waals surface area (Å²) in [5.41, 5.74) is 0. The summed E-state index contributed by atoms with van der Waals surface area (Å²) in [4.78, 5) is 2.27. The fraction of sp³-hybridized carbons (Fsp3) is 1.00. The molecule has 0 aliphatic heterocycles. The van der Waals surface area contributed by atoms with Crippen LogP contribution < -0.4 is 5.32 Å². The molecule has 0 aromatic carbocycles. The van der Waals surface area contributed by atoms with Gasteiger partial charge in [0, 0.05) is 32.3 Å². The summed E-state index contributed by atoms with van der Waals surface area (Å²) >= 11 is 0. The average Bonchev–Trinajstić information content (AvgIpc) is 3.09. The minimum atomic E-state index is 0.254. The van der Waals surface area contributed by atoms with Crippen molar-refractivity contribution in [2.75, 3.05) is 46.5 Å². The molecule has 0 aromatic rings. The predicted octanol–water partition coefficient (Wildman–Crippen LogP) is 0.705. The second-order valence-electron chi connectivity index (χ2n) is 5.05. The summed E-state index contributed by atoms with van der Waals surface area (Å²) in [6.07, 6.45) is 3.53. The van der Waals surface area contributed by atoms with Gasteiger partial charge in [-0.3, -0.25) is 0 Å². The predicted molar refractivity (Wildman–Crippen MR) is 70.2 cm³/mol. The molecule has 1 fully saturated rings. The van der Waals surface area contributed by atoms with E-state index in [2.05, 4.69) is 24.2 Å². The molecule has 0 radical (unpaired) electrons. The summed E-state index contributed by atoms with van der Waals surface area (Å²) in [5.74, 6) is 0.851. The maximum absolute atomic E-state index is 8.98. The van der Waals surface area contributed by atoms with Gasteiger partial charge in [-0.05, 0) is 38.8 Å². The molecular weight excluding hydrogens is 216 g/mol. The summed E-state index contributed by atoms with van der Waals surface area (Å²) in [5, 5.41) is 12.4. The number of aliphatic hydroxyl groups excluding tert-OH is 1. The zero-order chi connectivity index (χ0) is 12.5. The number of rotatable bonds is 11. The van der Waals surface area contributed by atoms with Crippen LogP contribution >= 0.6 is 0 Å². The van der Waals surface area contributed by atoms with E-state index in [9.17, 15) is 0 Å². The van der Waals surface area contributed by atoms with E-state index in [-0.39, 0.29) is 6.61 Å². The van der Waals surface area contributed by atoms with Crippen molar-refractivity contribution in [1.82, 2.24) is 10.2 Å². The van der Waals surface area contributed by atoms with E-state index >= 15 is 0 Å². The molecule has 1 aliphatic carbocycles. The van der Waals surface area contributed by atoms with Gasteiger partial charge in [-0.15, -0.1) is 0 Å². The van der Waals surface area contributed by atoms with Crippen LogP contribution in [-0.2, 0) is 4.74 Å². The summed E-state index contributed by atoms with van der Waals surface area (Å²) in [6.45, 7) is 7.02. The van der Waals surface area contributed by atoms with E-state index < -0.39 is 0 Å². The molecule has 0 saturated heterocycles. The van der Waals surface area contributed by atoms with Crippen LogP contribution in [0.25, 0.3) is 0 Å². The summed E-state index contributed by atoms with van der Waals surface area (Å²) in [7, 11) is 2.11. The highest BCUT2D eigenvalue weighted by atomic mass is 16.5.